The molecule has 0 aliphatic rings. The minimum Gasteiger partial charge on any atom is -0.493 e. The van der Waals surface area contributed by atoms with Crippen LogP contribution in [0, 0.1) is 0 Å². The molecule has 0 saturated carbocycles. The predicted molar refractivity (Wildman–Crippen MR) is 102 cm³/mol. The fraction of sp³-hybridized carbons (Fsp3) is 0.111. The Morgan fingerprint density at radius 3 is 2.54 bits per heavy atom. The van der Waals surface area contributed by atoms with Gasteiger partial charge >= 0.3 is 0 Å². The van der Waals surface area contributed by atoms with Crippen LogP contribution in [-0.2, 0) is 7.05 Å². The van der Waals surface area contributed by atoms with Crippen molar-refractivity contribution < 1.29 is 4.74 Å². The van der Waals surface area contributed by atoms with Gasteiger partial charge in [-0.2, -0.15) is 5.10 Å². The van der Waals surface area contributed by atoms with E-state index in [0.29, 0.717) is 27.5 Å². The summed E-state index contributed by atoms with van der Waals surface area (Å²) in [6.07, 6.45) is 3.39. The number of methoxy groups -OCH3 is 1. The van der Waals surface area contributed by atoms with Crippen molar-refractivity contribution in [1.29, 1.82) is 0 Å². The SMILES string of the molecule is COc1cc2ncnc(-c3cn(C)nc3-c3ccc(Cl)cc3)c2nc1Cl. The van der Waals surface area contributed by atoms with Crippen LogP contribution < -0.4 is 4.74 Å². The zero-order valence-electron chi connectivity index (χ0n) is 13.9. The molecule has 0 aliphatic carbocycles. The summed E-state index contributed by atoms with van der Waals surface area (Å²) in [7, 11) is 3.40. The molecule has 130 valence electrons. The molecule has 0 aliphatic heterocycles. The summed E-state index contributed by atoms with van der Waals surface area (Å²) in [5.74, 6) is 0.466. The predicted octanol–water partition coefficient (Wildman–Crippen LogP) is 4.41. The first kappa shape index (κ1) is 16.8. The van der Waals surface area contributed by atoms with E-state index in [9.17, 15) is 0 Å². The van der Waals surface area contributed by atoms with Gasteiger partial charge in [-0.25, -0.2) is 15.0 Å². The molecule has 6 nitrogen and oxygen atoms in total. The highest BCUT2D eigenvalue weighted by atomic mass is 35.5. The lowest BCUT2D eigenvalue weighted by atomic mass is 10.0. The van der Waals surface area contributed by atoms with E-state index >= 15 is 0 Å². The number of pyridine rings is 1. The second-order valence-corrected chi connectivity index (χ2v) is 6.44. The molecule has 0 spiro atoms. The first-order valence-corrected chi connectivity index (χ1v) is 8.47. The van der Waals surface area contributed by atoms with Gasteiger partial charge in [0.15, 0.2) is 10.9 Å². The van der Waals surface area contributed by atoms with Crippen LogP contribution in [0.25, 0.3) is 33.5 Å². The smallest absolute Gasteiger partial charge is 0.171 e. The van der Waals surface area contributed by atoms with Crippen molar-refractivity contribution in [3.63, 3.8) is 0 Å². The van der Waals surface area contributed by atoms with Crippen LogP contribution in [-0.4, -0.2) is 31.8 Å². The maximum atomic E-state index is 6.22. The molecule has 26 heavy (non-hydrogen) atoms. The van der Waals surface area contributed by atoms with Gasteiger partial charge in [-0.05, 0) is 12.1 Å². The molecular weight excluding hydrogens is 373 g/mol. The topological polar surface area (TPSA) is 65.7 Å². The molecule has 4 aromatic rings. The Hall–Kier alpha value is -2.70. The van der Waals surface area contributed by atoms with E-state index in [2.05, 4.69) is 20.1 Å². The fourth-order valence-electron chi connectivity index (χ4n) is 2.77. The maximum Gasteiger partial charge on any atom is 0.171 e. The van der Waals surface area contributed by atoms with E-state index in [1.807, 2.05) is 37.5 Å². The van der Waals surface area contributed by atoms with E-state index in [0.717, 1.165) is 16.8 Å². The highest BCUT2D eigenvalue weighted by Gasteiger charge is 2.18. The van der Waals surface area contributed by atoms with Crippen LogP contribution in [0.1, 0.15) is 0 Å². The number of hydrogen-bond donors (Lipinski definition) is 0. The molecule has 0 fully saturated rings. The zero-order chi connectivity index (χ0) is 18.3. The van der Waals surface area contributed by atoms with E-state index in [4.69, 9.17) is 27.9 Å². The number of benzene rings is 1. The number of aromatic nitrogens is 5. The van der Waals surface area contributed by atoms with Gasteiger partial charge in [0.2, 0.25) is 0 Å². The Bertz CT molecular complexity index is 1110. The van der Waals surface area contributed by atoms with Crippen LogP contribution in [0.5, 0.6) is 5.75 Å². The summed E-state index contributed by atoms with van der Waals surface area (Å²) in [5, 5.41) is 5.50. The van der Waals surface area contributed by atoms with Gasteiger partial charge in [0.1, 0.15) is 23.2 Å². The van der Waals surface area contributed by atoms with Crippen molar-refractivity contribution in [2.45, 2.75) is 0 Å². The van der Waals surface area contributed by atoms with Crippen molar-refractivity contribution in [3.05, 3.63) is 53.0 Å². The van der Waals surface area contributed by atoms with Gasteiger partial charge in [-0.15, -0.1) is 0 Å². The van der Waals surface area contributed by atoms with Gasteiger partial charge in [-0.3, -0.25) is 4.68 Å². The third-order valence-corrected chi connectivity index (χ3v) is 4.48. The number of ether oxygens (including phenoxy) is 1. The lowest BCUT2D eigenvalue weighted by Gasteiger charge is -2.08. The molecule has 0 atom stereocenters. The van der Waals surface area contributed by atoms with Crippen molar-refractivity contribution in [1.82, 2.24) is 24.7 Å². The molecule has 0 amide bonds. The standard InChI is InChI=1S/C18H13Cl2N5O/c1-25-8-12(15(24-25)10-3-5-11(19)6-4-10)16-17-13(21-9-22-16)7-14(26-2)18(20)23-17/h3-9H,1-2H3. The third-order valence-electron chi connectivity index (χ3n) is 3.95. The summed E-state index contributed by atoms with van der Waals surface area (Å²) >= 11 is 12.2. The lowest BCUT2D eigenvalue weighted by molar-refractivity contribution is 0.414. The summed E-state index contributed by atoms with van der Waals surface area (Å²) in [6.45, 7) is 0. The number of fused-ring (bicyclic) bond motifs is 1. The highest BCUT2D eigenvalue weighted by Crippen LogP contribution is 2.35. The molecule has 0 unspecified atom stereocenters. The molecule has 0 N–H and O–H groups in total. The minimum absolute atomic E-state index is 0.257. The molecule has 3 aromatic heterocycles. The average Bonchev–Trinajstić information content (AvgIpc) is 3.03. The van der Waals surface area contributed by atoms with Crippen LogP contribution in [0.4, 0.5) is 0 Å². The average molecular weight is 386 g/mol. The maximum absolute atomic E-state index is 6.22. The minimum atomic E-state index is 0.257. The van der Waals surface area contributed by atoms with Crippen LogP contribution >= 0.6 is 23.2 Å². The largest absolute Gasteiger partial charge is 0.493 e. The van der Waals surface area contributed by atoms with Gasteiger partial charge < -0.3 is 4.74 Å². The molecule has 0 bridgehead atoms. The molecule has 1 aromatic carbocycles. The Labute approximate surface area is 159 Å². The van der Waals surface area contributed by atoms with Crippen molar-refractivity contribution in [2.75, 3.05) is 7.11 Å². The molecule has 3 heterocycles. The Kier molecular flexibility index (Phi) is 4.22. The molecule has 4 rings (SSSR count). The quantitative estimate of drug-likeness (QED) is 0.488. The Morgan fingerprint density at radius 1 is 1.04 bits per heavy atom. The van der Waals surface area contributed by atoms with Crippen LogP contribution in [0.2, 0.25) is 10.2 Å². The number of nitrogens with zero attached hydrogens (tertiary/aromatic N) is 5. The second kappa shape index (κ2) is 6.55. The van der Waals surface area contributed by atoms with Crippen LogP contribution in [0.3, 0.4) is 0 Å². The van der Waals surface area contributed by atoms with E-state index in [1.54, 1.807) is 10.7 Å². The summed E-state index contributed by atoms with van der Waals surface area (Å²) in [5.41, 5.74) is 4.41. The number of aryl methyl sites for hydroxylation is 1. The lowest BCUT2D eigenvalue weighted by Crippen LogP contribution is -1.95. The fourth-order valence-corrected chi connectivity index (χ4v) is 3.11. The van der Waals surface area contributed by atoms with E-state index in [-0.39, 0.29) is 5.15 Å². The van der Waals surface area contributed by atoms with Crippen molar-refractivity contribution >= 4 is 34.2 Å². The Morgan fingerprint density at radius 2 is 1.81 bits per heavy atom. The van der Waals surface area contributed by atoms with Gasteiger partial charge in [0.25, 0.3) is 0 Å². The molecular formula is C18H13Cl2N5O. The van der Waals surface area contributed by atoms with Gasteiger partial charge in [0, 0.05) is 35.5 Å². The monoisotopic (exact) mass is 385 g/mol. The Balaban J connectivity index is 1.96. The van der Waals surface area contributed by atoms with E-state index < -0.39 is 0 Å². The van der Waals surface area contributed by atoms with E-state index in [1.165, 1.54) is 13.4 Å². The highest BCUT2D eigenvalue weighted by molar-refractivity contribution is 6.31. The first-order chi connectivity index (χ1) is 12.6. The molecule has 0 saturated heterocycles. The number of halogens is 2. The van der Waals surface area contributed by atoms with Crippen LogP contribution in [0.15, 0.2) is 42.9 Å². The van der Waals surface area contributed by atoms with Crippen molar-refractivity contribution in [2.24, 2.45) is 7.05 Å². The number of hydrogen-bond acceptors (Lipinski definition) is 5. The summed E-state index contributed by atoms with van der Waals surface area (Å²) < 4.78 is 6.96. The van der Waals surface area contributed by atoms with Gasteiger partial charge in [0.05, 0.1) is 12.6 Å². The van der Waals surface area contributed by atoms with Gasteiger partial charge in [-0.1, -0.05) is 35.3 Å². The van der Waals surface area contributed by atoms with Crippen molar-refractivity contribution in [3.8, 4) is 28.3 Å². The summed E-state index contributed by atoms with van der Waals surface area (Å²) in [6, 6.07) is 9.23. The second-order valence-electron chi connectivity index (χ2n) is 5.64. The molecule has 8 heteroatoms. The third kappa shape index (κ3) is 2.87. The summed E-state index contributed by atoms with van der Waals surface area (Å²) in [4.78, 5) is 13.2. The normalized spacial score (nSPS) is 11.1. The zero-order valence-corrected chi connectivity index (χ0v) is 15.5. The number of rotatable bonds is 3. The first-order valence-electron chi connectivity index (χ1n) is 7.72. The molecule has 0 radical (unpaired) electrons.